The number of rotatable bonds is 3. The fourth-order valence-electron chi connectivity index (χ4n) is 7.83. The van der Waals surface area contributed by atoms with Gasteiger partial charge in [-0.05, 0) is 36.1 Å². The van der Waals surface area contributed by atoms with Crippen molar-refractivity contribution in [1.82, 2.24) is 0 Å². The minimum absolute atomic E-state index is 0. The molecule has 3 aliphatic rings. The second-order valence-electron chi connectivity index (χ2n) is 16.8. The predicted octanol–water partition coefficient (Wildman–Crippen LogP) is 8.58. The number of hydrogen-bond donors (Lipinski definition) is 0. The van der Waals surface area contributed by atoms with Gasteiger partial charge in [-0.3, -0.25) is 6.08 Å². The molecule has 3 aliphatic carbocycles. The van der Waals surface area contributed by atoms with Crippen LogP contribution in [0.15, 0.2) is 109 Å². The Hall–Kier alpha value is -2.38. The van der Waals surface area contributed by atoms with Crippen LogP contribution in [0.25, 0.3) is 32.7 Å². The molecule has 0 bridgehead atoms. The molecule has 5 heteroatoms. The van der Waals surface area contributed by atoms with Gasteiger partial charge in [-0.15, -0.1) is 39.7 Å². The maximum Gasteiger partial charge on any atom is -1.00 e. The molecule has 8 rings (SSSR count). The smallest absolute Gasteiger partial charge is 1.00 e. The first kappa shape index (κ1) is 44.3. The summed E-state index contributed by atoms with van der Waals surface area (Å²) in [5.41, 5.74) is 13.1. The topological polar surface area (TPSA) is 0 Å². The van der Waals surface area contributed by atoms with E-state index in [9.17, 15) is 0 Å². The Morgan fingerprint density at radius 1 is 0.722 bits per heavy atom. The summed E-state index contributed by atoms with van der Waals surface area (Å²) in [6.45, 7) is 22.7. The van der Waals surface area contributed by atoms with Crippen molar-refractivity contribution in [2.75, 3.05) is 0 Å². The zero-order valence-corrected chi connectivity index (χ0v) is 38.6. The Labute approximate surface area is 361 Å². The number of benzene rings is 4. The normalized spacial score (nSPS) is 17.1. The van der Waals surface area contributed by atoms with Gasteiger partial charge in [0.15, 0.2) is 0 Å². The summed E-state index contributed by atoms with van der Waals surface area (Å²) in [5.74, 6) is 0.573. The quantitative estimate of drug-likeness (QED) is 0.160. The third kappa shape index (κ3) is 9.25. The van der Waals surface area contributed by atoms with Crippen molar-refractivity contribution in [2.24, 2.45) is 11.3 Å². The molecule has 0 heterocycles. The molecule has 0 nitrogen and oxygen atoms in total. The number of allylic oxidation sites excluding steroid dienone is 8. The number of halogens is 4. The summed E-state index contributed by atoms with van der Waals surface area (Å²) in [7, 11) is 0. The van der Waals surface area contributed by atoms with E-state index in [1.54, 1.807) is 0 Å². The molecule has 280 valence electrons. The summed E-state index contributed by atoms with van der Waals surface area (Å²) >= 11 is 13.1. The molecule has 0 saturated carbocycles. The molecule has 0 N–H and O–H groups in total. The van der Waals surface area contributed by atoms with Crippen LogP contribution < -0.4 is 24.8 Å². The van der Waals surface area contributed by atoms with Crippen LogP contribution in [-0.2, 0) is 35.1 Å². The van der Waals surface area contributed by atoms with E-state index in [2.05, 4.69) is 130 Å². The molecule has 0 amide bonds. The van der Waals surface area contributed by atoms with Crippen molar-refractivity contribution < 1.29 is 49.0 Å². The zero-order chi connectivity index (χ0) is 37.7. The van der Waals surface area contributed by atoms with Crippen molar-refractivity contribution >= 4 is 59.1 Å². The molecule has 0 aromatic heterocycles. The maximum atomic E-state index is 5.86. The molecule has 1 atom stereocenters. The van der Waals surface area contributed by atoms with Gasteiger partial charge in [0, 0.05) is 10.8 Å². The monoisotopic (exact) mass is 868 g/mol. The van der Waals surface area contributed by atoms with Crippen molar-refractivity contribution in [1.29, 1.82) is 0 Å². The van der Waals surface area contributed by atoms with E-state index in [1.165, 1.54) is 106 Å². The maximum absolute atomic E-state index is 5.86. The van der Waals surface area contributed by atoms with E-state index in [0.717, 1.165) is 10.0 Å². The Morgan fingerprint density at radius 3 is 1.46 bits per heavy atom. The van der Waals surface area contributed by atoms with Crippen LogP contribution in [-0.4, -0.2) is 3.21 Å². The largest absolute Gasteiger partial charge is 1.00 e. The second kappa shape index (κ2) is 17.0. The van der Waals surface area contributed by atoms with Crippen molar-refractivity contribution in [2.45, 2.75) is 86.5 Å². The standard InChI is InChI=1S/C25H25.C13H8Cl2.C11H17.2ClH.Zr/c1-14-12-24(3,4)22-8-16-7-17-9-23-19(15(2)13-25(23,5)6)11-21(17)20(16)10-18(14)22;14-12-5-1-10(2-6-12)9-11-3-7-13(15)8-4-11;1-5-9-6-7-10(8-9)11(2,3)4;;;/h7-13H,1-6H3;1-8H;7-9H,5H2,1-4H3;2*1H;/q-1;;-1;;;+2/p-2. The van der Waals surface area contributed by atoms with Crippen LogP contribution in [0.2, 0.25) is 10.0 Å². The van der Waals surface area contributed by atoms with Crippen molar-refractivity contribution in [3.05, 3.63) is 158 Å². The third-order valence-corrected chi connectivity index (χ3v) is 12.7. The van der Waals surface area contributed by atoms with E-state index < -0.39 is 0 Å². The molecule has 0 radical (unpaired) electrons. The van der Waals surface area contributed by atoms with Crippen LogP contribution in [0.1, 0.15) is 109 Å². The number of fused-ring (bicyclic) bond motifs is 5. The Morgan fingerprint density at radius 2 is 1.13 bits per heavy atom. The van der Waals surface area contributed by atoms with Crippen LogP contribution in [0.3, 0.4) is 0 Å². The molecular formula is C49H50Cl4Zr-2. The zero-order valence-electron chi connectivity index (χ0n) is 33.1. The Bertz CT molecular complexity index is 2160. The van der Waals surface area contributed by atoms with E-state index >= 15 is 0 Å². The fourth-order valence-corrected chi connectivity index (χ4v) is 8.90. The Balaban J connectivity index is 0.000000194. The molecule has 1 unspecified atom stereocenters. The summed E-state index contributed by atoms with van der Waals surface area (Å²) in [6, 6.07) is 27.9. The first-order chi connectivity index (χ1) is 24.4. The first-order valence-electron chi connectivity index (χ1n) is 18.4. The molecule has 0 saturated heterocycles. The average molecular weight is 872 g/mol. The SMILES string of the molecule is CC1=CC(C)(C)c2cc3[cH-]c4cc5c(cc4c3cc21)C(C)=CC5(C)C.CCC1[C-]=CC(C(C)(C)C)=C1.Clc1ccc([C](=[Zr+2])c2ccc(Cl)cc2)cc1.[Cl-].[Cl-]. The van der Waals surface area contributed by atoms with E-state index in [4.69, 9.17) is 23.2 Å². The molecule has 54 heavy (non-hydrogen) atoms. The number of hydrogen-bond acceptors (Lipinski definition) is 0. The van der Waals surface area contributed by atoms with E-state index in [0.29, 0.717) is 11.3 Å². The summed E-state index contributed by atoms with van der Waals surface area (Å²) in [4.78, 5) is 0. The van der Waals surface area contributed by atoms with Gasteiger partial charge in [0.05, 0.1) is 0 Å². The average Bonchev–Trinajstić information content (AvgIpc) is 3.82. The minimum atomic E-state index is 0. The van der Waals surface area contributed by atoms with Gasteiger partial charge in [-0.2, -0.15) is 11.6 Å². The summed E-state index contributed by atoms with van der Waals surface area (Å²) in [5, 5.41) is 7.10. The van der Waals surface area contributed by atoms with Crippen LogP contribution >= 0.6 is 23.2 Å². The van der Waals surface area contributed by atoms with Gasteiger partial charge >= 0.3 is 120 Å². The fraction of sp³-hybridized carbons (Fsp3) is 0.306. The van der Waals surface area contributed by atoms with Gasteiger partial charge in [0.25, 0.3) is 0 Å². The molecule has 0 spiro atoms. The molecule has 5 aromatic carbocycles. The third-order valence-electron chi connectivity index (χ3n) is 10.8. The predicted molar refractivity (Wildman–Crippen MR) is 226 cm³/mol. The second-order valence-corrected chi connectivity index (χ2v) is 18.9. The van der Waals surface area contributed by atoms with Crippen LogP contribution in [0.4, 0.5) is 0 Å². The minimum Gasteiger partial charge on any atom is -1.00 e. The Kier molecular flexibility index (Phi) is 14.0. The van der Waals surface area contributed by atoms with Crippen molar-refractivity contribution in [3.63, 3.8) is 0 Å². The summed E-state index contributed by atoms with van der Waals surface area (Å²) < 4.78 is 1.31. The van der Waals surface area contributed by atoms with Gasteiger partial charge in [-0.25, -0.2) is 6.08 Å². The van der Waals surface area contributed by atoms with Gasteiger partial charge < -0.3 is 24.8 Å². The van der Waals surface area contributed by atoms with Crippen LogP contribution in [0.5, 0.6) is 0 Å². The first-order valence-corrected chi connectivity index (χ1v) is 20.4. The van der Waals surface area contributed by atoms with Crippen molar-refractivity contribution in [3.8, 4) is 0 Å². The molecule has 0 aliphatic heterocycles. The van der Waals surface area contributed by atoms with E-state index in [1.807, 2.05) is 48.5 Å². The van der Waals surface area contributed by atoms with E-state index in [-0.39, 0.29) is 35.6 Å². The molecule has 5 aromatic rings. The van der Waals surface area contributed by atoms with Crippen LogP contribution in [0, 0.1) is 17.4 Å². The molecular weight excluding hydrogens is 822 g/mol. The van der Waals surface area contributed by atoms with Gasteiger partial charge in [-0.1, -0.05) is 109 Å². The van der Waals surface area contributed by atoms with Gasteiger partial charge in [0.2, 0.25) is 0 Å². The molecule has 0 fully saturated rings. The van der Waals surface area contributed by atoms with Gasteiger partial charge in [0.1, 0.15) is 0 Å². The summed E-state index contributed by atoms with van der Waals surface area (Å²) in [6.07, 6.45) is 13.8.